The predicted octanol–water partition coefficient (Wildman–Crippen LogP) is 8.40. The lowest BCUT2D eigenvalue weighted by Crippen LogP contribution is -2.70. The second kappa shape index (κ2) is 20.3. The van der Waals surface area contributed by atoms with Gasteiger partial charge in [0.25, 0.3) is 5.91 Å². The molecular weight excluding hydrogens is 793 g/mol. The number of aliphatic hydroxyl groups excluding tert-OH is 2. The van der Waals surface area contributed by atoms with E-state index < -0.39 is 17.7 Å². The van der Waals surface area contributed by atoms with Crippen LogP contribution in [0.4, 0.5) is 0 Å². The highest BCUT2D eigenvalue weighted by Crippen LogP contribution is 2.62. The molecule has 4 aliphatic rings. The second-order valence-corrected chi connectivity index (χ2v) is 17.1. The van der Waals surface area contributed by atoms with Crippen LogP contribution in [0.1, 0.15) is 84.8 Å². The Balaban J connectivity index is 1.35. The third-order valence-corrected chi connectivity index (χ3v) is 13.3. The zero-order valence-corrected chi connectivity index (χ0v) is 36.4. The van der Waals surface area contributed by atoms with Gasteiger partial charge in [0, 0.05) is 62.9 Å². The van der Waals surface area contributed by atoms with Gasteiger partial charge in [-0.25, -0.2) is 0 Å². The smallest absolute Gasteiger partial charge is 0.254 e. The Morgan fingerprint density at radius 2 is 1.79 bits per heavy atom. The van der Waals surface area contributed by atoms with Gasteiger partial charge in [-0.2, -0.15) is 5.26 Å². The number of aliphatic hydroxyl groups is 2. The van der Waals surface area contributed by atoms with Crippen molar-refractivity contribution in [3.8, 4) is 17.6 Å². The van der Waals surface area contributed by atoms with E-state index in [1.54, 1.807) is 30.3 Å². The molecule has 6 atom stereocenters. The van der Waals surface area contributed by atoms with Gasteiger partial charge in [0.2, 0.25) is 5.79 Å². The summed E-state index contributed by atoms with van der Waals surface area (Å²) < 4.78 is 21.1. The van der Waals surface area contributed by atoms with Crippen LogP contribution in [0.25, 0.3) is 10.8 Å². The van der Waals surface area contributed by atoms with E-state index in [-0.39, 0.29) is 56.4 Å². The van der Waals surface area contributed by atoms with Crippen molar-refractivity contribution in [1.82, 2.24) is 9.80 Å². The van der Waals surface area contributed by atoms with E-state index in [0.717, 1.165) is 84.3 Å². The molecule has 0 radical (unpaired) electrons. The summed E-state index contributed by atoms with van der Waals surface area (Å²) in [5, 5.41) is 36.6. The van der Waals surface area contributed by atoms with Crippen LogP contribution in [0, 0.1) is 29.1 Å². The maximum absolute atomic E-state index is 15.5. The fourth-order valence-electron chi connectivity index (χ4n) is 10.3. The number of allylic oxidation sites excluding steroid dienone is 1. The third-order valence-electron chi connectivity index (χ3n) is 13.3. The second-order valence-electron chi connectivity index (χ2n) is 17.1. The Labute approximate surface area is 371 Å². The summed E-state index contributed by atoms with van der Waals surface area (Å²) in [5.41, 5.74) is 4.60. The number of hydrogen-bond donors (Lipinski definition) is 2. The Morgan fingerprint density at radius 3 is 2.54 bits per heavy atom. The average molecular weight is 853 g/mol. The van der Waals surface area contributed by atoms with Crippen molar-refractivity contribution in [3.63, 3.8) is 0 Å². The van der Waals surface area contributed by atoms with Gasteiger partial charge in [-0.05, 0) is 109 Å². The SMILES string of the molecule is C=CCOC12Oc3ccc(OCCN4CC4)cc3C3C(CCCCO)C(CCCCO)C=C(C(=NOCC)CC1N(Cc1cccc4ccccc14)C(=O)c1ccc(C#N)cc1)C32. The minimum absolute atomic E-state index is 0.0824. The maximum atomic E-state index is 15.5. The molecule has 6 unspecified atom stereocenters. The number of hydrogen-bond acceptors (Lipinski definition) is 10. The molecule has 0 spiro atoms. The molecule has 11 heteroatoms. The number of carbonyl (C=O) groups is 1. The molecule has 11 nitrogen and oxygen atoms in total. The molecule has 2 fully saturated rings. The van der Waals surface area contributed by atoms with E-state index in [9.17, 15) is 15.5 Å². The van der Waals surface area contributed by atoms with Gasteiger partial charge in [0.1, 0.15) is 30.8 Å². The molecule has 0 aromatic heterocycles. The number of nitrogens with zero attached hydrogens (tertiary/aromatic N) is 4. The molecule has 2 aliphatic carbocycles. The monoisotopic (exact) mass is 852 g/mol. The number of rotatable bonds is 21. The average Bonchev–Trinajstić information content (AvgIpc) is 4.15. The highest BCUT2D eigenvalue weighted by molar-refractivity contribution is 6.03. The minimum Gasteiger partial charge on any atom is -0.492 e. The van der Waals surface area contributed by atoms with Crippen molar-refractivity contribution >= 4 is 22.4 Å². The summed E-state index contributed by atoms with van der Waals surface area (Å²) >= 11 is 0. The molecule has 1 saturated heterocycles. The van der Waals surface area contributed by atoms with E-state index in [4.69, 9.17) is 24.2 Å². The van der Waals surface area contributed by atoms with Crippen LogP contribution in [-0.4, -0.2) is 96.1 Å². The van der Waals surface area contributed by atoms with Gasteiger partial charge in [0.05, 0.1) is 29.9 Å². The van der Waals surface area contributed by atoms with Gasteiger partial charge in [-0.3, -0.25) is 9.69 Å². The number of benzene rings is 4. The van der Waals surface area contributed by atoms with Crippen LogP contribution in [0.3, 0.4) is 0 Å². The largest absolute Gasteiger partial charge is 0.492 e. The molecular formula is C52H60N4O7. The van der Waals surface area contributed by atoms with Crippen molar-refractivity contribution in [2.45, 2.75) is 76.2 Å². The van der Waals surface area contributed by atoms with E-state index in [1.807, 2.05) is 42.2 Å². The Hall–Kier alpha value is -5.51. The maximum Gasteiger partial charge on any atom is 0.254 e. The normalized spacial score (nSPS) is 24.1. The van der Waals surface area contributed by atoms with Crippen molar-refractivity contribution in [3.05, 3.63) is 131 Å². The van der Waals surface area contributed by atoms with E-state index >= 15 is 4.79 Å². The van der Waals surface area contributed by atoms with Crippen molar-refractivity contribution < 1.29 is 34.1 Å². The molecule has 1 amide bonds. The highest BCUT2D eigenvalue weighted by atomic mass is 16.7. The zero-order chi connectivity index (χ0) is 43.8. The van der Waals surface area contributed by atoms with E-state index in [2.05, 4.69) is 54.0 Å². The lowest BCUT2D eigenvalue weighted by Gasteiger charge is -2.60. The summed E-state index contributed by atoms with van der Waals surface area (Å²) in [6.07, 6.45) is 9.08. The number of carbonyl (C=O) groups excluding carboxylic acids is 1. The molecule has 2 aliphatic heterocycles. The quantitative estimate of drug-likeness (QED) is 0.0367. The number of oxime groups is 1. The molecule has 63 heavy (non-hydrogen) atoms. The number of amides is 1. The first-order valence-electron chi connectivity index (χ1n) is 22.8. The van der Waals surface area contributed by atoms with Crippen LogP contribution < -0.4 is 9.47 Å². The highest BCUT2D eigenvalue weighted by Gasteiger charge is 2.65. The first kappa shape index (κ1) is 44.1. The van der Waals surface area contributed by atoms with Gasteiger partial charge in [-0.1, -0.05) is 72.6 Å². The molecule has 0 bridgehead atoms. The molecule has 4 aromatic rings. The summed E-state index contributed by atoms with van der Waals surface area (Å²) in [4.78, 5) is 25.7. The van der Waals surface area contributed by atoms with Crippen LogP contribution >= 0.6 is 0 Å². The summed E-state index contributed by atoms with van der Waals surface area (Å²) in [7, 11) is 0. The lowest BCUT2D eigenvalue weighted by atomic mass is 9.55. The molecule has 8 rings (SSSR count). The van der Waals surface area contributed by atoms with Gasteiger partial charge >= 0.3 is 0 Å². The number of fused-ring (bicyclic) bond motifs is 3. The van der Waals surface area contributed by atoms with Gasteiger partial charge < -0.3 is 34.2 Å². The first-order valence-corrected chi connectivity index (χ1v) is 22.8. The fourth-order valence-corrected chi connectivity index (χ4v) is 10.3. The summed E-state index contributed by atoms with van der Waals surface area (Å²) in [6.45, 7) is 10.6. The summed E-state index contributed by atoms with van der Waals surface area (Å²) in [6, 6.07) is 28.7. The molecule has 330 valence electrons. The Morgan fingerprint density at radius 1 is 1.02 bits per heavy atom. The molecule has 2 heterocycles. The van der Waals surface area contributed by atoms with Gasteiger partial charge in [0.15, 0.2) is 0 Å². The third kappa shape index (κ3) is 9.41. The van der Waals surface area contributed by atoms with Crippen LogP contribution in [0.2, 0.25) is 0 Å². The standard InChI is InChI=1S/C52H60N4O7/c1-3-29-61-52-48(56(51(59)38-20-18-36(34-53)19-21-38)35-40-15-11-14-37-12-5-6-16-42(37)40)33-46(54-62-4-2)44-31-39(13-7-9-27-57)43(17-8-10-28-58)49(50(44)52)45-32-41(22-23-47(45)63-52)60-30-26-55-24-25-55/h3,5-6,11-12,14-16,18-23,31-32,39,43,48-50,57-58H,1,4,7-10,13,17,24-30,33,35H2,2H3. The first-order chi connectivity index (χ1) is 30.9. The van der Waals surface area contributed by atoms with Crippen molar-refractivity contribution in [2.24, 2.45) is 22.9 Å². The number of ether oxygens (including phenoxy) is 3. The lowest BCUT2D eigenvalue weighted by molar-refractivity contribution is -0.255. The van der Waals surface area contributed by atoms with Gasteiger partial charge in [-0.15, -0.1) is 6.58 Å². The molecule has 1 saturated carbocycles. The predicted molar refractivity (Wildman–Crippen MR) is 243 cm³/mol. The van der Waals surface area contributed by atoms with E-state index in [0.29, 0.717) is 42.9 Å². The number of unbranched alkanes of at least 4 members (excludes halogenated alkanes) is 2. The van der Waals surface area contributed by atoms with Crippen molar-refractivity contribution in [1.29, 1.82) is 5.26 Å². The Kier molecular flexibility index (Phi) is 14.2. The van der Waals surface area contributed by atoms with Crippen LogP contribution in [0.15, 0.2) is 114 Å². The van der Waals surface area contributed by atoms with Crippen molar-refractivity contribution in [2.75, 3.05) is 52.7 Å². The van der Waals surface area contributed by atoms with Crippen LogP contribution in [0.5, 0.6) is 11.5 Å². The number of nitriles is 1. The van der Waals surface area contributed by atoms with E-state index in [1.165, 1.54) is 0 Å². The van der Waals surface area contributed by atoms with Crippen LogP contribution in [-0.2, 0) is 16.1 Å². The molecule has 2 N–H and O–H groups in total. The summed E-state index contributed by atoms with van der Waals surface area (Å²) in [5.74, 6) is -0.657. The minimum atomic E-state index is -1.43. The fraction of sp³-hybridized carbons (Fsp3) is 0.442. The topological polar surface area (TPSA) is 137 Å². The molecule has 4 aromatic carbocycles. The Bertz CT molecular complexity index is 2330. The zero-order valence-electron chi connectivity index (χ0n) is 36.4.